The number of hydrogen-bond donors (Lipinski definition) is 1. The van der Waals surface area contributed by atoms with E-state index in [-0.39, 0.29) is 12.4 Å². The van der Waals surface area contributed by atoms with E-state index < -0.39 is 0 Å². The van der Waals surface area contributed by atoms with Crippen molar-refractivity contribution in [2.45, 2.75) is 25.9 Å². The van der Waals surface area contributed by atoms with Gasteiger partial charge in [-0.25, -0.2) is 0 Å². The molecule has 4 heterocycles. The number of aryl methyl sites for hydroxylation is 1. The molecule has 1 aromatic carbocycles. The zero-order valence-corrected chi connectivity index (χ0v) is 13.4. The first-order valence-electron chi connectivity index (χ1n) is 7.75. The van der Waals surface area contributed by atoms with Crippen LogP contribution in [0.1, 0.15) is 16.8 Å². The molecule has 23 heavy (non-hydrogen) atoms. The minimum atomic E-state index is 0. The fourth-order valence-electron chi connectivity index (χ4n) is 3.54. The summed E-state index contributed by atoms with van der Waals surface area (Å²) in [6.07, 6.45) is 1.91. The molecule has 0 bridgehead atoms. The van der Waals surface area contributed by atoms with Crippen molar-refractivity contribution in [2.24, 2.45) is 0 Å². The van der Waals surface area contributed by atoms with Gasteiger partial charge >= 0.3 is 0 Å². The van der Waals surface area contributed by atoms with Gasteiger partial charge in [-0.3, -0.25) is 4.68 Å². The van der Waals surface area contributed by atoms with Crippen molar-refractivity contribution in [2.75, 3.05) is 6.54 Å². The van der Waals surface area contributed by atoms with E-state index >= 15 is 0 Å². The van der Waals surface area contributed by atoms with E-state index in [0.29, 0.717) is 0 Å². The molecular weight excluding hydrogens is 312 g/mol. The summed E-state index contributed by atoms with van der Waals surface area (Å²) in [6, 6.07) is 10.2. The van der Waals surface area contributed by atoms with Gasteiger partial charge in [-0.1, -0.05) is 35.5 Å². The predicted molar refractivity (Wildman–Crippen MR) is 89.5 cm³/mol. The van der Waals surface area contributed by atoms with Gasteiger partial charge < -0.3 is 9.84 Å². The first kappa shape index (κ1) is 14.5. The Balaban J connectivity index is 0.00000135. The third kappa shape index (κ3) is 2.11. The van der Waals surface area contributed by atoms with Crippen LogP contribution in [0.4, 0.5) is 0 Å². The van der Waals surface area contributed by atoms with Gasteiger partial charge in [-0.2, -0.15) is 5.10 Å². The third-order valence-corrected chi connectivity index (χ3v) is 4.60. The van der Waals surface area contributed by atoms with Crippen LogP contribution < -0.4 is 5.32 Å². The topological polar surface area (TPSA) is 55.9 Å². The molecule has 0 spiro atoms. The number of halogens is 1. The highest BCUT2D eigenvalue weighted by molar-refractivity contribution is 5.85. The van der Waals surface area contributed by atoms with Gasteiger partial charge in [-0.15, -0.1) is 12.4 Å². The summed E-state index contributed by atoms with van der Waals surface area (Å²) in [7, 11) is 0. The molecule has 5 nitrogen and oxygen atoms in total. The number of aromatic nitrogens is 3. The summed E-state index contributed by atoms with van der Waals surface area (Å²) in [6.45, 7) is 2.78. The summed E-state index contributed by atoms with van der Waals surface area (Å²) in [5.41, 5.74) is 6.94. The van der Waals surface area contributed by atoms with Crippen molar-refractivity contribution >= 4 is 12.4 Å². The highest BCUT2D eigenvalue weighted by Gasteiger charge is 2.30. The predicted octanol–water partition coefficient (Wildman–Crippen LogP) is 2.83. The highest BCUT2D eigenvalue weighted by Crippen LogP contribution is 2.38. The first-order chi connectivity index (χ1) is 10.9. The molecular formula is C17H17ClN4O. The number of rotatable bonds is 1. The van der Waals surface area contributed by atoms with E-state index in [9.17, 15) is 0 Å². The molecule has 2 aliphatic heterocycles. The maximum atomic E-state index is 5.71. The second kappa shape index (κ2) is 5.51. The Kier molecular flexibility index (Phi) is 3.47. The van der Waals surface area contributed by atoms with Crippen LogP contribution >= 0.6 is 12.4 Å². The molecule has 0 saturated heterocycles. The first-order valence-corrected chi connectivity index (χ1v) is 7.75. The maximum absolute atomic E-state index is 5.71. The van der Waals surface area contributed by atoms with Crippen LogP contribution in [0.25, 0.3) is 22.7 Å². The molecule has 6 heteroatoms. The van der Waals surface area contributed by atoms with Crippen LogP contribution in [0.3, 0.4) is 0 Å². The van der Waals surface area contributed by atoms with E-state index in [0.717, 1.165) is 55.2 Å². The fraction of sp³-hybridized carbons (Fsp3) is 0.294. The summed E-state index contributed by atoms with van der Waals surface area (Å²) in [4.78, 5) is 0. The van der Waals surface area contributed by atoms with Crippen molar-refractivity contribution in [3.63, 3.8) is 0 Å². The average Bonchev–Trinajstić information content (AvgIpc) is 3.16. The number of hydrogen-bond acceptors (Lipinski definition) is 4. The maximum Gasteiger partial charge on any atom is 0.170 e. The molecule has 0 atom stereocenters. The molecule has 2 aromatic heterocycles. The molecule has 2 aliphatic rings. The van der Waals surface area contributed by atoms with Crippen molar-refractivity contribution in [3.8, 4) is 22.7 Å². The molecule has 0 unspecified atom stereocenters. The summed E-state index contributed by atoms with van der Waals surface area (Å²) in [5, 5.41) is 12.6. The molecule has 0 radical (unpaired) electrons. The van der Waals surface area contributed by atoms with Crippen LogP contribution in [0.5, 0.6) is 0 Å². The second-order valence-corrected chi connectivity index (χ2v) is 5.88. The van der Waals surface area contributed by atoms with Crippen LogP contribution in [0.2, 0.25) is 0 Å². The zero-order valence-electron chi connectivity index (χ0n) is 12.6. The van der Waals surface area contributed by atoms with Crippen molar-refractivity contribution in [1.29, 1.82) is 0 Å². The molecule has 3 aromatic rings. The van der Waals surface area contributed by atoms with Gasteiger partial charge in [0.15, 0.2) is 5.76 Å². The largest absolute Gasteiger partial charge is 0.355 e. The van der Waals surface area contributed by atoms with E-state index in [1.807, 2.05) is 18.2 Å². The number of nitrogens with one attached hydrogen (secondary N) is 1. The lowest BCUT2D eigenvalue weighted by molar-refractivity contribution is 0.434. The third-order valence-electron chi connectivity index (χ3n) is 4.60. The van der Waals surface area contributed by atoms with Crippen LogP contribution in [-0.2, 0) is 25.9 Å². The Bertz CT molecular complexity index is 853. The van der Waals surface area contributed by atoms with Crippen molar-refractivity contribution in [3.05, 3.63) is 47.2 Å². The summed E-state index contributed by atoms with van der Waals surface area (Å²) in [5.74, 6) is 0.903. The van der Waals surface area contributed by atoms with Crippen LogP contribution in [0.15, 0.2) is 34.9 Å². The molecule has 0 aliphatic carbocycles. The zero-order chi connectivity index (χ0) is 14.5. The fourth-order valence-corrected chi connectivity index (χ4v) is 3.54. The lowest BCUT2D eigenvalue weighted by Crippen LogP contribution is -2.23. The number of fused-ring (bicyclic) bond motifs is 5. The average molecular weight is 329 g/mol. The SMILES string of the molecule is Cl.c1ccc(-c2onc3c2CCn2nc4c(c2-3)CNCC4)cc1. The van der Waals surface area contributed by atoms with E-state index in [2.05, 4.69) is 27.3 Å². The molecule has 5 rings (SSSR count). The van der Waals surface area contributed by atoms with Gasteiger partial charge in [0.1, 0.15) is 5.69 Å². The minimum absolute atomic E-state index is 0. The molecule has 118 valence electrons. The Morgan fingerprint density at radius 3 is 2.83 bits per heavy atom. The number of nitrogens with zero attached hydrogens (tertiary/aromatic N) is 3. The normalized spacial score (nSPS) is 15.3. The van der Waals surface area contributed by atoms with E-state index in [4.69, 9.17) is 9.62 Å². The van der Waals surface area contributed by atoms with Gasteiger partial charge in [0, 0.05) is 42.7 Å². The van der Waals surface area contributed by atoms with Crippen molar-refractivity contribution < 1.29 is 4.52 Å². The van der Waals surface area contributed by atoms with Gasteiger partial charge in [0.2, 0.25) is 0 Å². The van der Waals surface area contributed by atoms with Crippen LogP contribution in [-0.4, -0.2) is 21.5 Å². The van der Waals surface area contributed by atoms with E-state index in [1.165, 1.54) is 16.8 Å². The smallest absolute Gasteiger partial charge is 0.170 e. The lowest BCUT2D eigenvalue weighted by atomic mass is 9.97. The molecule has 0 fully saturated rings. The van der Waals surface area contributed by atoms with E-state index in [1.54, 1.807) is 0 Å². The lowest BCUT2D eigenvalue weighted by Gasteiger charge is -2.16. The second-order valence-electron chi connectivity index (χ2n) is 5.88. The Labute approximate surface area is 140 Å². The summed E-state index contributed by atoms with van der Waals surface area (Å²) < 4.78 is 7.82. The Morgan fingerprint density at radius 2 is 1.96 bits per heavy atom. The Morgan fingerprint density at radius 1 is 1.09 bits per heavy atom. The monoisotopic (exact) mass is 328 g/mol. The quantitative estimate of drug-likeness (QED) is 0.746. The number of benzene rings is 1. The summed E-state index contributed by atoms with van der Waals surface area (Å²) >= 11 is 0. The Hall–Kier alpha value is -2.11. The van der Waals surface area contributed by atoms with Crippen molar-refractivity contribution in [1.82, 2.24) is 20.3 Å². The van der Waals surface area contributed by atoms with Gasteiger partial charge in [0.05, 0.1) is 11.4 Å². The minimum Gasteiger partial charge on any atom is -0.355 e. The van der Waals surface area contributed by atoms with Crippen LogP contribution in [0, 0.1) is 0 Å². The standard InChI is InChI=1S/C17H16N4O.ClH/c1-2-4-11(5-3-1)17-12-7-9-21-16(15(12)20-22-17)13-10-18-8-6-14(13)19-21;/h1-5,18H,6-10H2;1H. The van der Waals surface area contributed by atoms with Gasteiger partial charge in [-0.05, 0) is 6.42 Å². The molecule has 1 N–H and O–H groups in total. The molecule has 0 amide bonds. The van der Waals surface area contributed by atoms with Gasteiger partial charge in [0.25, 0.3) is 0 Å². The molecule has 0 saturated carbocycles. The highest BCUT2D eigenvalue weighted by atomic mass is 35.5.